The van der Waals surface area contributed by atoms with Crippen LogP contribution < -0.4 is 5.32 Å². The van der Waals surface area contributed by atoms with Gasteiger partial charge in [-0.3, -0.25) is 14.5 Å². The smallest absolute Gasteiger partial charge is 0.252 e. The van der Waals surface area contributed by atoms with Crippen LogP contribution >= 0.6 is 0 Å². The van der Waals surface area contributed by atoms with Gasteiger partial charge in [-0.05, 0) is 44.9 Å². The van der Waals surface area contributed by atoms with Crippen molar-refractivity contribution in [3.63, 3.8) is 0 Å². The first-order valence-corrected chi connectivity index (χ1v) is 11.3. The molecule has 0 bridgehead atoms. The summed E-state index contributed by atoms with van der Waals surface area (Å²) in [5, 5.41) is 7.39. The Bertz CT molecular complexity index is 909. The number of nitrogens with one attached hydrogen (secondary N) is 1. The van der Waals surface area contributed by atoms with Crippen LogP contribution in [0, 0.1) is 19.8 Å². The van der Waals surface area contributed by atoms with Crippen molar-refractivity contribution in [2.75, 3.05) is 39.3 Å². The van der Waals surface area contributed by atoms with Crippen molar-refractivity contribution >= 4 is 11.8 Å². The number of piperazine rings is 1. The van der Waals surface area contributed by atoms with Crippen molar-refractivity contribution in [1.29, 1.82) is 0 Å². The summed E-state index contributed by atoms with van der Waals surface area (Å²) in [4.78, 5) is 33.7. The van der Waals surface area contributed by atoms with Gasteiger partial charge in [0.15, 0.2) is 5.82 Å². The molecule has 0 spiro atoms. The normalized spacial score (nSPS) is 17.8. The van der Waals surface area contributed by atoms with Crippen LogP contribution in [-0.2, 0) is 4.79 Å². The molecule has 0 radical (unpaired) electrons. The summed E-state index contributed by atoms with van der Waals surface area (Å²) in [7, 11) is 0. The van der Waals surface area contributed by atoms with E-state index in [1.807, 2.05) is 30.9 Å². The van der Waals surface area contributed by atoms with Gasteiger partial charge in [0.2, 0.25) is 5.91 Å². The molecule has 1 saturated carbocycles. The Morgan fingerprint density at radius 2 is 1.84 bits per heavy atom. The summed E-state index contributed by atoms with van der Waals surface area (Å²) in [6, 6.07) is 5.59. The molecule has 0 unspecified atom stereocenters. The minimum atomic E-state index is -0.123. The summed E-state index contributed by atoms with van der Waals surface area (Å²) in [5.41, 5.74) is 2.48. The van der Waals surface area contributed by atoms with Crippen molar-refractivity contribution in [2.24, 2.45) is 5.92 Å². The fourth-order valence-electron chi connectivity index (χ4n) is 4.56. The number of rotatable bonds is 6. The maximum atomic E-state index is 12.5. The Morgan fingerprint density at radius 1 is 1.10 bits per heavy atom. The second kappa shape index (κ2) is 9.60. The molecule has 2 aromatic rings. The van der Waals surface area contributed by atoms with E-state index in [-0.39, 0.29) is 11.8 Å². The van der Waals surface area contributed by atoms with Crippen LogP contribution in [0.25, 0.3) is 5.82 Å². The first kappa shape index (κ1) is 21.5. The fourth-order valence-corrected chi connectivity index (χ4v) is 4.56. The lowest BCUT2D eigenvalue weighted by atomic mass is 10.1. The Morgan fingerprint density at radius 3 is 2.45 bits per heavy atom. The van der Waals surface area contributed by atoms with Gasteiger partial charge in [0.1, 0.15) is 0 Å². The average Bonchev–Trinajstić information content (AvgIpc) is 3.43. The molecule has 166 valence electrons. The molecule has 0 aromatic carbocycles. The van der Waals surface area contributed by atoms with Crippen molar-refractivity contribution in [3.8, 4) is 5.82 Å². The molecular formula is C23H32N6O2. The van der Waals surface area contributed by atoms with Gasteiger partial charge < -0.3 is 10.2 Å². The maximum Gasteiger partial charge on any atom is 0.252 e. The van der Waals surface area contributed by atoms with E-state index in [0.29, 0.717) is 23.8 Å². The van der Waals surface area contributed by atoms with Gasteiger partial charge in [0.25, 0.3) is 5.91 Å². The van der Waals surface area contributed by atoms with E-state index in [2.05, 4.69) is 20.3 Å². The number of nitrogens with zero attached hydrogens (tertiary/aromatic N) is 5. The number of carbonyl (C=O) groups excluding carboxylic acids is 2. The van der Waals surface area contributed by atoms with E-state index >= 15 is 0 Å². The van der Waals surface area contributed by atoms with E-state index < -0.39 is 0 Å². The lowest BCUT2D eigenvalue weighted by molar-refractivity contribution is -0.137. The predicted octanol–water partition coefficient (Wildman–Crippen LogP) is 1.95. The van der Waals surface area contributed by atoms with Crippen molar-refractivity contribution in [2.45, 2.75) is 39.5 Å². The molecule has 2 fully saturated rings. The van der Waals surface area contributed by atoms with Gasteiger partial charge in [-0.25, -0.2) is 9.67 Å². The maximum absolute atomic E-state index is 12.5. The topological polar surface area (TPSA) is 83.4 Å². The van der Waals surface area contributed by atoms with Gasteiger partial charge in [-0.1, -0.05) is 12.8 Å². The zero-order valence-corrected chi connectivity index (χ0v) is 18.5. The molecule has 8 heteroatoms. The number of carbonyl (C=O) groups is 2. The lowest BCUT2D eigenvalue weighted by Crippen LogP contribution is -2.51. The molecule has 3 heterocycles. The average molecular weight is 425 g/mol. The van der Waals surface area contributed by atoms with E-state index in [9.17, 15) is 9.59 Å². The zero-order valence-electron chi connectivity index (χ0n) is 18.5. The molecule has 1 N–H and O–H groups in total. The number of hydrogen-bond acceptors (Lipinski definition) is 5. The summed E-state index contributed by atoms with van der Waals surface area (Å²) in [6.07, 6.45) is 6.09. The molecule has 4 rings (SSSR count). The molecule has 8 nitrogen and oxygen atoms in total. The molecule has 2 aliphatic rings. The standard InChI is InChI=1S/C23H32N6O2/c1-17-15-18(2)29(26-17)21-8-7-20(16-25-21)22(30)24-9-10-27-11-13-28(14-12-27)23(31)19-5-3-4-6-19/h7-8,15-16,19H,3-6,9-14H2,1-2H3,(H,24,30). The second-order valence-electron chi connectivity index (χ2n) is 8.65. The molecule has 1 aliphatic heterocycles. The summed E-state index contributed by atoms with van der Waals surface area (Å²) < 4.78 is 1.77. The van der Waals surface area contributed by atoms with Gasteiger partial charge >= 0.3 is 0 Å². The summed E-state index contributed by atoms with van der Waals surface area (Å²) in [5.74, 6) is 1.18. The number of aromatic nitrogens is 3. The summed E-state index contributed by atoms with van der Waals surface area (Å²) in [6.45, 7) is 8.61. The molecule has 31 heavy (non-hydrogen) atoms. The molecule has 1 aliphatic carbocycles. The third kappa shape index (κ3) is 5.12. The van der Waals surface area contributed by atoms with Crippen LogP contribution in [0.15, 0.2) is 24.4 Å². The van der Waals surface area contributed by atoms with E-state index in [0.717, 1.165) is 57.0 Å². The highest BCUT2D eigenvalue weighted by atomic mass is 16.2. The minimum absolute atomic E-state index is 0.123. The van der Waals surface area contributed by atoms with E-state index in [1.165, 1.54) is 12.8 Å². The second-order valence-corrected chi connectivity index (χ2v) is 8.65. The molecule has 2 amide bonds. The molecule has 2 aromatic heterocycles. The van der Waals surface area contributed by atoms with Crippen LogP contribution in [0.1, 0.15) is 47.4 Å². The molecular weight excluding hydrogens is 392 g/mol. The first-order chi connectivity index (χ1) is 15.0. The van der Waals surface area contributed by atoms with Crippen LogP contribution in [0.2, 0.25) is 0 Å². The van der Waals surface area contributed by atoms with Crippen molar-refractivity contribution < 1.29 is 9.59 Å². The fraction of sp³-hybridized carbons (Fsp3) is 0.565. The Hall–Kier alpha value is -2.74. The number of amides is 2. The first-order valence-electron chi connectivity index (χ1n) is 11.3. The Kier molecular flexibility index (Phi) is 6.65. The SMILES string of the molecule is Cc1cc(C)n(-c2ccc(C(=O)NCCN3CCN(C(=O)C4CCCC4)CC3)cn2)n1. The minimum Gasteiger partial charge on any atom is -0.351 e. The van der Waals surface area contributed by atoms with Gasteiger partial charge in [-0.15, -0.1) is 0 Å². The quantitative estimate of drug-likeness (QED) is 0.766. The van der Waals surface area contributed by atoms with E-state index in [4.69, 9.17) is 0 Å². The third-order valence-corrected chi connectivity index (χ3v) is 6.34. The Labute approximate surface area is 183 Å². The predicted molar refractivity (Wildman–Crippen MR) is 118 cm³/mol. The van der Waals surface area contributed by atoms with Crippen LogP contribution in [0.3, 0.4) is 0 Å². The molecule has 0 atom stereocenters. The number of pyridine rings is 1. The lowest BCUT2D eigenvalue weighted by Gasteiger charge is -2.36. The summed E-state index contributed by atoms with van der Waals surface area (Å²) >= 11 is 0. The largest absolute Gasteiger partial charge is 0.351 e. The highest BCUT2D eigenvalue weighted by Gasteiger charge is 2.29. The monoisotopic (exact) mass is 424 g/mol. The van der Waals surface area contributed by atoms with Crippen molar-refractivity contribution in [3.05, 3.63) is 41.3 Å². The van der Waals surface area contributed by atoms with Crippen LogP contribution in [0.4, 0.5) is 0 Å². The highest BCUT2D eigenvalue weighted by Crippen LogP contribution is 2.26. The van der Waals surface area contributed by atoms with Crippen LogP contribution in [0.5, 0.6) is 0 Å². The van der Waals surface area contributed by atoms with Gasteiger partial charge in [0.05, 0.1) is 11.3 Å². The Balaban J connectivity index is 1.20. The highest BCUT2D eigenvalue weighted by molar-refractivity contribution is 5.93. The molecule has 1 saturated heterocycles. The van der Waals surface area contributed by atoms with Crippen molar-refractivity contribution in [1.82, 2.24) is 29.9 Å². The van der Waals surface area contributed by atoms with Gasteiger partial charge in [-0.2, -0.15) is 5.10 Å². The van der Waals surface area contributed by atoms with E-state index in [1.54, 1.807) is 16.9 Å². The van der Waals surface area contributed by atoms with Crippen LogP contribution in [-0.4, -0.2) is 75.6 Å². The number of hydrogen-bond donors (Lipinski definition) is 1. The number of aryl methyl sites for hydroxylation is 2. The zero-order chi connectivity index (χ0) is 21.8. The van der Waals surface area contributed by atoms with Gasteiger partial charge in [0, 0.05) is 57.1 Å². The third-order valence-electron chi connectivity index (χ3n) is 6.34.